The number of amides is 1. The summed E-state index contributed by atoms with van der Waals surface area (Å²) in [4.78, 5) is 18.6. The van der Waals surface area contributed by atoms with E-state index in [4.69, 9.17) is 14.6 Å². The van der Waals surface area contributed by atoms with Gasteiger partial charge < -0.3 is 19.7 Å². The van der Waals surface area contributed by atoms with Gasteiger partial charge in [0.25, 0.3) is 0 Å². The largest absolute Gasteiger partial charge is 0.496 e. The fourth-order valence-electron chi connectivity index (χ4n) is 3.79. The number of imidazole rings is 1. The zero-order valence-corrected chi connectivity index (χ0v) is 17.5. The number of rotatable bonds is 6. The number of aromatic nitrogens is 3. The third-order valence-corrected chi connectivity index (χ3v) is 5.21. The molecule has 0 saturated carbocycles. The van der Waals surface area contributed by atoms with E-state index >= 15 is 0 Å². The van der Waals surface area contributed by atoms with Crippen molar-refractivity contribution < 1.29 is 14.3 Å². The molecule has 1 aliphatic heterocycles. The number of methoxy groups -OCH3 is 1. The van der Waals surface area contributed by atoms with Crippen molar-refractivity contribution in [3.8, 4) is 17.0 Å². The molecule has 8 nitrogen and oxygen atoms in total. The third kappa shape index (κ3) is 4.03. The standard InChI is InChI=1S/C22H27N5O3/c1-15(2)30-22(28)26-12-6-7-16(26)13-23-20-10-11-21-24-14-18(27(21)25-20)17-8-4-5-9-19(17)29-3/h4-5,8-11,14-16H,6-7,12-13H2,1-3H3,(H,23,25)/t16-/m0/s1. The highest BCUT2D eigenvalue weighted by Gasteiger charge is 2.30. The van der Waals surface area contributed by atoms with Gasteiger partial charge in [-0.05, 0) is 51.0 Å². The molecule has 158 valence electrons. The lowest BCUT2D eigenvalue weighted by atomic mass is 10.1. The van der Waals surface area contributed by atoms with Crippen LogP contribution in [0.3, 0.4) is 0 Å². The number of ether oxygens (including phenoxy) is 2. The van der Waals surface area contributed by atoms with Crippen LogP contribution in [0.15, 0.2) is 42.6 Å². The van der Waals surface area contributed by atoms with Gasteiger partial charge in [0.1, 0.15) is 11.6 Å². The number of likely N-dealkylation sites (tertiary alicyclic amines) is 1. The highest BCUT2D eigenvalue weighted by molar-refractivity contribution is 5.70. The average molecular weight is 409 g/mol. The summed E-state index contributed by atoms with van der Waals surface area (Å²) in [6.45, 7) is 5.07. The number of nitrogens with one attached hydrogen (secondary N) is 1. The smallest absolute Gasteiger partial charge is 0.410 e. The van der Waals surface area contributed by atoms with Gasteiger partial charge in [0.15, 0.2) is 5.65 Å². The summed E-state index contributed by atoms with van der Waals surface area (Å²) in [5.74, 6) is 1.49. The number of hydrogen-bond acceptors (Lipinski definition) is 6. The van der Waals surface area contributed by atoms with E-state index < -0.39 is 0 Å². The van der Waals surface area contributed by atoms with Gasteiger partial charge >= 0.3 is 6.09 Å². The maximum absolute atomic E-state index is 12.3. The van der Waals surface area contributed by atoms with Crippen LogP contribution in [0.1, 0.15) is 26.7 Å². The first-order valence-electron chi connectivity index (χ1n) is 10.3. The van der Waals surface area contributed by atoms with Crippen molar-refractivity contribution in [1.29, 1.82) is 0 Å². The number of para-hydroxylation sites is 1. The van der Waals surface area contributed by atoms with Crippen molar-refractivity contribution in [3.05, 3.63) is 42.6 Å². The molecule has 1 saturated heterocycles. The molecule has 0 aliphatic carbocycles. The highest BCUT2D eigenvalue weighted by atomic mass is 16.6. The van der Waals surface area contributed by atoms with Crippen LogP contribution in [0.5, 0.6) is 5.75 Å². The Balaban J connectivity index is 1.52. The van der Waals surface area contributed by atoms with Gasteiger partial charge in [0, 0.05) is 18.7 Å². The SMILES string of the molecule is COc1ccccc1-c1cnc2ccc(NC[C@@H]3CCCN3C(=O)OC(C)C)nn12. The van der Waals surface area contributed by atoms with E-state index in [2.05, 4.69) is 10.3 Å². The van der Waals surface area contributed by atoms with Crippen molar-refractivity contribution >= 4 is 17.6 Å². The van der Waals surface area contributed by atoms with Crippen LogP contribution in [-0.4, -0.2) is 57.9 Å². The molecular weight excluding hydrogens is 382 g/mol. The second-order valence-electron chi connectivity index (χ2n) is 7.64. The Morgan fingerprint density at radius 3 is 2.90 bits per heavy atom. The maximum Gasteiger partial charge on any atom is 0.410 e. The summed E-state index contributed by atoms with van der Waals surface area (Å²) in [5, 5.41) is 8.09. The zero-order chi connectivity index (χ0) is 21.1. The first-order valence-corrected chi connectivity index (χ1v) is 10.3. The Morgan fingerprint density at radius 2 is 2.10 bits per heavy atom. The lowest BCUT2D eigenvalue weighted by Gasteiger charge is -2.25. The third-order valence-electron chi connectivity index (χ3n) is 5.21. The monoisotopic (exact) mass is 409 g/mol. The molecule has 1 N–H and O–H groups in total. The summed E-state index contributed by atoms with van der Waals surface area (Å²) < 4.78 is 12.7. The molecule has 0 unspecified atom stereocenters. The summed E-state index contributed by atoms with van der Waals surface area (Å²) in [6, 6.07) is 11.7. The molecule has 8 heteroatoms. The number of fused-ring (bicyclic) bond motifs is 1. The molecular formula is C22H27N5O3. The van der Waals surface area contributed by atoms with Crippen LogP contribution in [0.4, 0.5) is 10.6 Å². The van der Waals surface area contributed by atoms with Crippen LogP contribution in [0, 0.1) is 0 Å². The van der Waals surface area contributed by atoms with Gasteiger partial charge in [-0.1, -0.05) is 12.1 Å². The molecule has 0 bridgehead atoms. The molecule has 1 fully saturated rings. The van der Waals surface area contributed by atoms with E-state index in [0.717, 1.165) is 47.9 Å². The predicted molar refractivity (Wildman–Crippen MR) is 115 cm³/mol. The number of anilines is 1. The number of hydrogen-bond donors (Lipinski definition) is 1. The van der Waals surface area contributed by atoms with Gasteiger partial charge in [-0.3, -0.25) is 0 Å². The predicted octanol–water partition coefficient (Wildman–Crippen LogP) is 3.83. The summed E-state index contributed by atoms with van der Waals surface area (Å²) in [7, 11) is 1.65. The molecule has 4 rings (SSSR count). The molecule has 3 aromatic rings. The molecule has 30 heavy (non-hydrogen) atoms. The second-order valence-corrected chi connectivity index (χ2v) is 7.64. The normalized spacial score (nSPS) is 16.3. The van der Waals surface area contributed by atoms with Crippen molar-refractivity contribution in [2.45, 2.75) is 38.8 Å². The van der Waals surface area contributed by atoms with E-state index in [-0.39, 0.29) is 18.2 Å². The van der Waals surface area contributed by atoms with E-state index in [0.29, 0.717) is 6.54 Å². The van der Waals surface area contributed by atoms with E-state index in [1.165, 1.54) is 0 Å². The molecule has 1 atom stereocenters. The molecule has 0 radical (unpaired) electrons. The molecule has 0 spiro atoms. The first kappa shape index (κ1) is 20.0. The molecule has 1 amide bonds. The Kier molecular flexibility index (Phi) is 5.74. The topological polar surface area (TPSA) is 81.0 Å². The minimum absolute atomic E-state index is 0.0882. The fourth-order valence-corrected chi connectivity index (χ4v) is 3.79. The number of benzene rings is 1. The number of carbonyl (C=O) groups excluding carboxylic acids is 1. The number of nitrogens with zero attached hydrogens (tertiary/aromatic N) is 4. The zero-order valence-electron chi connectivity index (χ0n) is 17.5. The van der Waals surface area contributed by atoms with Crippen LogP contribution >= 0.6 is 0 Å². The molecule has 1 aromatic carbocycles. The van der Waals surface area contributed by atoms with Crippen molar-refractivity contribution in [2.75, 3.05) is 25.5 Å². The first-order chi connectivity index (χ1) is 14.6. The minimum atomic E-state index is -0.245. The van der Waals surface area contributed by atoms with Gasteiger partial charge in [-0.2, -0.15) is 0 Å². The Bertz CT molecular complexity index is 1030. The van der Waals surface area contributed by atoms with Gasteiger partial charge in [-0.25, -0.2) is 14.3 Å². The maximum atomic E-state index is 12.3. The van der Waals surface area contributed by atoms with E-state index in [1.54, 1.807) is 17.8 Å². The number of carbonyl (C=O) groups is 1. The minimum Gasteiger partial charge on any atom is -0.496 e. The van der Waals surface area contributed by atoms with Crippen molar-refractivity contribution in [2.24, 2.45) is 0 Å². The summed E-state index contributed by atoms with van der Waals surface area (Å²) >= 11 is 0. The van der Waals surface area contributed by atoms with E-state index in [1.807, 2.05) is 55.1 Å². The highest BCUT2D eigenvalue weighted by Crippen LogP contribution is 2.30. The van der Waals surface area contributed by atoms with Crippen molar-refractivity contribution in [3.63, 3.8) is 0 Å². The van der Waals surface area contributed by atoms with Gasteiger partial charge in [-0.15, -0.1) is 5.10 Å². The Morgan fingerprint density at radius 1 is 1.27 bits per heavy atom. The Hall–Kier alpha value is -3.29. The summed E-state index contributed by atoms with van der Waals surface area (Å²) in [5.41, 5.74) is 2.54. The van der Waals surface area contributed by atoms with Gasteiger partial charge in [0.2, 0.25) is 0 Å². The van der Waals surface area contributed by atoms with Crippen molar-refractivity contribution in [1.82, 2.24) is 19.5 Å². The summed E-state index contributed by atoms with van der Waals surface area (Å²) in [6.07, 6.45) is 3.35. The molecule has 2 aromatic heterocycles. The molecule has 3 heterocycles. The van der Waals surface area contributed by atoms with Crippen LogP contribution < -0.4 is 10.1 Å². The van der Waals surface area contributed by atoms with Crippen LogP contribution in [-0.2, 0) is 4.74 Å². The fraction of sp³-hybridized carbons (Fsp3) is 0.409. The lowest BCUT2D eigenvalue weighted by molar-refractivity contribution is 0.0746. The average Bonchev–Trinajstić information content (AvgIpc) is 3.38. The Labute approximate surface area is 175 Å². The van der Waals surface area contributed by atoms with Gasteiger partial charge in [0.05, 0.1) is 31.1 Å². The van der Waals surface area contributed by atoms with E-state index in [9.17, 15) is 4.79 Å². The quantitative estimate of drug-likeness (QED) is 0.666. The molecule has 1 aliphatic rings. The second kappa shape index (κ2) is 8.61. The lowest BCUT2D eigenvalue weighted by Crippen LogP contribution is -2.40. The van der Waals surface area contributed by atoms with Crippen LogP contribution in [0.25, 0.3) is 16.9 Å². The van der Waals surface area contributed by atoms with Crippen LogP contribution in [0.2, 0.25) is 0 Å².